The number of carbonyl (C=O) groups excluding carboxylic acids is 2. The Kier molecular flexibility index (Phi) is 3.67. The molecule has 1 heterocycles. The summed E-state index contributed by atoms with van der Waals surface area (Å²) in [5.74, 6) is 4.77. The minimum atomic E-state index is -0.517. The Bertz CT molecular complexity index is 549. The molecule has 1 aromatic carbocycles. The summed E-state index contributed by atoms with van der Waals surface area (Å²) in [5.41, 5.74) is 4.02. The number of nitrogen functional groups attached to an aromatic ring is 1. The normalized spacial score (nSPS) is 13.9. The van der Waals surface area contributed by atoms with Gasteiger partial charge in [0, 0.05) is 18.7 Å². The van der Waals surface area contributed by atoms with Crippen molar-refractivity contribution in [2.45, 2.75) is 39.5 Å². The standard InChI is InChI=1S/C14H19N3O3/c1-14(2,3)20-13(19)17-7-10-5-4-9(12(18)16-15)6-11(10)8-17/h4-6H,7-8,15H2,1-3H3,(H,16,18). The topological polar surface area (TPSA) is 84.7 Å². The van der Waals surface area contributed by atoms with Crippen molar-refractivity contribution in [1.29, 1.82) is 0 Å². The monoisotopic (exact) mass is 277 g/mol. The second-order valence-electron chi connectivity index (χ2n) is 5.79. The largest absolute Gasteiger partial charge is 0.444 e. The van der Waals surface area contributed by atoms with Gasteiger partial charge in [0.25, 0.3) is 5.91 Å². The summed E-state index contributed by atoms with van der Waals surface area (Å²) in [6.07, 6.45) is -0.349. The number of hydrazine groups is 1. The van der Waals surface area contributed by atoms with Gasteiger partial charge in [-0.3, -0.25) is 15.1 Å². The van der Waals surface area contributed by atoms with Crippen LogP contribution in [0.3, 0.4) is 0 Å². The fourth-order valence-electron chi connectivity index (χ4n) is 2.07. The number of amides is 2. The highest BCUT2D eigenvalue weighted by Crippen LogP contribution is 2.25. The molecule has 0 spiro atoms. The number of nitrogens with two attached hydrogens (primary N) is 1. The Balaban J connectivity index is 2.11. The third-order valence-corrected chi connectivity index (χ3v) is 2.97. The molecule has 0 aliphatic carbocycles. The number of benzene rings is 1. The zero-order chi connectivity index (χ0) is 14.9. The van der Waals surface area contributed by atoms with Crippen LogP contribution in [0.25, 0.3) is 0 Å². The Hall–Kier alpha value is -2.08. The van der Waals surface area contributed by atoms with Crippen molar-refractivity contribution < 1.29 is 14.3 Å². The molecule has 1 aliphatic rings. The van der Waals surface area contributed by atoms with Gasteiger partial charge in [0.2, 0.25) is 0 Å². The summed E-state index contributed by atoms with van der Waals surface area (Å²) < 4.78 is 5.34. The number of nitrogens with one attached hydrogen (secondary N) is 1. The summed E-state index contributed by atoms with van der Waals surface area (Å²) >= 11 is 0. The second-order valence-corrected chi connectivity index (χ2v) is 5.79. The van der Waals surface area contributed by atoms with Gasteiger partial charge in [-0.1, -0.05) is 6.07 Å². The minimum absolute atomic E-state index is 0.344. The van der Waals surface area contributed by atoms with Crippen LogP contribution in [-0.2, 0) is 17.8 Å². The fourth-order valence-corrected chi connectivity index (χ4v) is 2.07. The van der Waals surface area contributed by atoms with Crippen LogP contribution in [0.2, 0.25) is 0 Å². The molecule has 0 unspecified atom stereocenters. The number of fused-ring (bicyclic) bond motifs is 1. The van der Waals surface area contributed by atoms with Crippen LogP contribution in [0.5, 0.6) is 0 Å². The van der Waals surface area contributed by atoms with Gasteiger partial charge < -0.3 is 4.74 Å². The van der Waals surface area contributed by atoms with Crippen LogP contribution in [0.1, 0.15) is 42.3 Å². The number of nitrogens with zero attached hydrogens (tertiary/aromatic N) is 1. The Labute approximate surface area is 117 Å². The summed E-state index contributed by atoms with van der Waals surface area (Å²) in [4.78, 5) is 25.1. The number of carbonyl (C=O) groups is 2. The zero-order valence-corrected chi connectivity index (χ0v) is 11.9. The third kappa shape index (κ3) is 3.08. The molecular formula is C14H19N3O3. The first-order valence-electron chi connectivity index (χ1n) is 6.41. The van der Waals surface area contributed by atoms with Crippen LogP contribution in [0.4, 0.5) is 4.79 Å². The molecule has 0 aromatic heterocycles. The molecule has 0 radical (unpaired) electrons. The lowest BCUT2D eigenvalue weighted by atomic mass is 10.1. The maximum atomic E-state index is 12.0. The van der Waals surface area contributed by atoms with Crippen molar-refractivity contribution >= 4 is 12.0 Å². The van der Waals surface area contributed by atoms with E-state index in [1.807, 2.05) is 26.8 Å². The molecule has 0 bridgehead atoms. The van der Waals surface area contributed by atoms with E-state index >= 15 is 0 Å². The predicted molar refractivity (Wildman–Crippen MR) is 73.6 cm³/mol. The SMILES string of the molecule is CC(C)(C)OC(=O)N1Cc2ccc(C(=O)NN)cc2C1. The van der Waals surface area contributed by atoms with Gasteiger partial charge in [-0.25, -0.2) is 10.6 Å². The molecule has 6 heteroatoms. The van der Waals surface area contributed by atoms with Gasteiger partial charge in [-0.05, 0) is 44.0 Å². The van der Waals surface area contributed by atoms with E-state index in [4.69, 9.17) is 10.6 Å². The summed E-state index contributed by atoms with van der Waals surface area (Å²) in [5, 5.41) is 0. The van der Waals surface area contributed by atoms with Crippen molar-refractivity contribution in [3.05, 3.63) is 34.9 Å². The lowest BCUT2D eigenvalue weighted by molar-refractivity contribution is 0.0242. The van der Waals surface area contributed by atoms with E-state index in [0.29, 0.717) is 18.7 Å². The van der Waals surface area contributed by atoms with Crippen LogP contribution in [0.15, 0.2) is 18.2 Å². The highest BCUT2D eigenvalue weighted by molar-refractivity contribution is 5.94. The lowest BCUT2D eigenvalue weighted by Gasteiger charge is -2.24. The first-order valence-corrected chi connectivity index (χ1v) is 6.41. The van der Waals surface area contributed by atoms with Crippen molar-refractivity contribution in [2.24, 2.45) is 5.84 Å². The van der Waals surface area contributed by atoms with Crippen molar-refractivity contribution in [1.82, 2.24) is 10.3 Å². The average molecular weight is 277 g/mol. The zero-order valence-electron chi connectivity index (χ0n) is 11.9. The number of rotatable bonds is 1. The molecule has 1 aromatic rings. The number of hydrogen-bond acceptors (Lipinski definition) is 4. The molecule has 0 saturated heterocycles. The highest BCUT2D eigenvalue weighted by atomic mass is 16.6. The molecule has 2 amide bonds. The Morgan fingerprint density at radius 2 is 1.90 bits per heavy atom. The van der Waals surface area contributed by atoms with Crippen LogP contribution in [-0.4, -0.2) is 22.5 Å². The van der Waals surface area contributed by atoms with E-state index in [1.165, 1.54) is 0 Å². The van der Waals surface area contributed by atoms with Gasteiger partial charge in [-0.15, -0.1) is 0 Å². The van der Waals surface area contributed by atoms with Gasteiger partial charge in [0.15, 0.2) is 0 Å². The van der Waals surface area contributed by atoms with Crippen LogP contribution in [0, 0.1) is 0 Å². The van der Waals surface area contributed by atoms with Crippen LogP contribution >= 0.6 is 0 Å². The molecule has 0 fully saturated rings. The van der Waals surface area contributed by atoms with Gasteiger partial charge in [-0.2, -0.15) is 0 Å². The van der Waals surface area contributed by atoms with Crippen LogP contribution < -0.4 is 11.3 Å². The minimum Gasteiger partial charge on any atom is -0.444 e. The van der Waals surface area contributed by atoms with Crippen molar-refractivity contribution in [2.75, 3.05) is 0 Å². The van der Waals surface area contributed by atoms with E-state index in [9.17, 15) is 9.59 Å². The highest BCUT2D eigenvalue weighted by Gasteiger charge is 2.28. The van der Waals surface area contributed by atoms with E-state index in [2.05, 4.69) is 5.43 Å². The summed E-state index contributed by atoms with van der Waals surface area (Å²) in [6, 6.07) is 5.28. The number of ether oxygens (including phenoxy) is 1. The van der Waals surface area contributed by atoms with E-state index in [1.54, 1.807) is 17.0 Å². The molecule has 0 atom stereocenters. The molecule has 20 heavy (non-hydrogen) atoms. The molecule has 6 nitrogen and oxygen atoms in total. The smallest absolute Gasteiger partial charge is 0.410 e. The molecule has 108 valence electrons. The molecule has 3 N–H and O–H groups in total. The maximum absolute atomic E-state index is 12.0. The second kappa shape index (κ2) is 5.13. The quantitative estimate of drug-likeness (QED) is 0.463. The Morgan fingerprint density at radius 1 is 1.25 bits per heavy atom. The number of hydrogen-bond donors (Lipinski definition) is 2. The predicted octanol–water partition coefficient (Wildman–Crippen LogP) is 1.54. The first kappa shape index (κ1) is 14.3. The third-order valence-electron chi connectivity index (χ3n) is 2.97. The van der Waals surface area contributed by atoms with E-state index < -0.39 is 5.60 Å². The van der Waals surface area contributed by atoms with Gasteiger partial charge in [0.1, 0.15) is 5.60 Å². The molecule has 2 rings (SSSR count). The lowest BCUT2D eigenvalue weighted by Crippen LogP contribution is -2.33. The molecule has 0 saturated carbocycles. The Morgan fingerprint density at radius 3 is 2.50 bits per heavy atom. The fraction of sp³-hybridized carbons (Fsp3) is 0.429. The van der Waals surface area contributed by atoms with Gasteiger partial charge >= 0.3 is 6.09 Å². The van der Waals surface area contributed by atoms with Crippen molar-refractivity contribution in [3.63, 3.8) is 0 Å². The van der Waals surface area contributed by atoms with E-state index in [0.717, 1.165) is 11.1 Å². The first-order chi connectivity index (χ1) is 9.30. The molecule has 1 aliphatic heterocycles. The maximum Gasteiger partial charge on any atom is 0.410 e. The average Bonchev–Trinajstić information content (AvgIpc) is 2.78. The summed E-state index contributed by atoms with van der Waals surface area (Å²) in [7, 11) is 0. The summed E-state index contributed by atoms with van der Waals surface area (Å²) in [6.45, 7) is 6.43. The molecular weight excluding hydrogens is 258 g/mol. The van der Waals surface area contributed by atoms with E-state index in [-0.39, 0.29) is 12.0 Å². The van der Waals surface area contributed by atoms with Crippen molar-refractivity contribution in [3.8, 4) is 0 Å². The van der Waals surface area contributed by atoms with Gasteiger partial charge in [0.05, 0.1) is 0 Å².